The van der Waals surface area contributed by atoms with Crippen molar-refractivity contribution in [3.8, 4) is 0 Å². The molecule has 6 heteroatoms. The van der Waals surface area contributed by atoms with Gasteiger partial charge in [-0.3, -0.25) is 4.90 Å². The smallest absolute Gasteiger partial charge is 0.377 e. The van der Waals surface area contributed by atoms with Crippen molar-refractivity contribution in [2.75, 3.05) is 13.1 Å². The third kappa shape index (κ3) is 2.68. The first kappa shape index (κ1) is 14.2. The molecule has 0 aromatic rings. The topological polar surface area (TPSA) is 41.6 Å². The lowest BCUT2D eigenvalue weighted by atomic mass is 9.97. The molecule has 0 amide bonds. The van der Waals surface area contributed by atoms with Crippen molar-refractivity contribution in [2.45, 2.75) is 69.2 Å². The zero-order chi connectivity index (χ0) is 14.3. The maximum absolute atomic E-state index is 13.2. The molecule has 3 fully saturated rings. The molecule has 4 nitrogen and oxygen atoms in total. The SMILES string of the molecule is CCN(CC1CC(F)(F)C(=O)O1)C1CC2CCC(C1)N2. The van der Waals surface area contributed by atoms with E-state index in [1.807, 2.05) is 6.92 Å². The number of nitrogens with zero attached hydrogens (tertiary/aromatic N) is 1. The zero-order valence-corrected chi connectivity index (χ0v) is 11.8. The van der Waals surface area contributed by atoms with Crippen LogP contribution in [0.5, 0.6) is 0 Å². The number of hydrogen-bond acceptors (Lipinski definition) is 4. The van der Waals surface area contributed by atoms with Gasteiger partial charge in [0, 0.05) is 24.7 Å². The van der Waals surface area contributed by atoms with Crippen LogP contribution in [-0.2, 0) is 9.53 Å². The average molecular weight is 288 g/mol. The second-order valence-electron chi connectivity index (χ2n) is 6.29. The van der Waals surface area contributed by atoms with Crippen LogP contribution in [0.1, 0.15) is 39.0 Å². The van der Waals surface area contributed by atoms with E-state index in [1.165, 1.54) is 12.8 Å². The van der Waals surface area contributed by atoms with Crippen LogP contribution in [0, 0.1) is 0 Å². The maximum atomic E-state index is 13.2. The third-order valence-electron chi connectivity index (χ3n) is 4.87. The highest BCUT2D eigenvalue weighted by atomic mass is 19.3. The Labute approximate surface area is 117 Å². The Kier molecular flexibility index (Phi) is 3.71. The van der Waals surface area contributed by atoms with Gasteiger partial charge in [-0.15, -0.1) is 0 Å². The summed E-state index contributed by atoms with van der Waals surface area (Å²) in [5.74, 6) is -4.65. The largest absolute Gasteiger partial charge is 0.456 e. The highest BCUT2D eigenvalue weighted by Gasteiger charge is 2.51. The highest BCUT2D eigenvalue weighted by Crippen LogP contribution is 2.33. The molecule has 3 rings (SSSR count). The van der Waals surface area contributed by atoms with Crippen molar-refractivity contribution in [2.24, 2.45) is 0 Å². The van der Waals surface area contributed by atoms with E-state index in [0.29, 0.717) is 24.7 Å². The standard InChI is InChI=1S/C14H22F2N2O2/c1-2-18(8-12-7-14(15,16)13(19)20-12)11-5-9-3-4-10(6-11)17-9/h9-12,17H,2-8H2,1H3. The molecule has 1 N–H and O–H groups in total. The summed E-state index contributed by atoms with van der Waals surface area (Å²) in [6, 6.07) is 1.56. The summed E-state index contributed by atoms with van der Waals surface area (Å²) in [6.07, 6.45) is 3.44. The lowest BCUT2D eigenvalue weighted by Crippen LogP contribution is -2.50. The Morgan fingerprint density at radius 2 is 2.00 bits per heavy atom. The molecule has 3 heterocycles. The van der Waals surface area contributed by atoms with Gasteiger partial charge in [-0.1, -0.05) is 6.92 Å². The van der Waals surface area contributed by atoms with Crippen LogP contribution in [0.4, 0.5) is 8.78 Å². The number of esters is 1. The molecule has 114 valence electrons. The molecule has 3 aliphatic rings. The Hall–Kier alpha value is -0.750. The van der Waals surface area contributed by atoms with Crippen molar-refractivity contribution in [1.29, 1.82) is 0 Å². The molecule has 0 spiro atoms. The van der Waals surface area contributed by atoms with Crippen LogP contribution < -0.4 is 5.32 Å². The van der Waals surface area contributed by atoms with E-state index >= 15 is 0 Å². The van der Waals surface area contributed by atoms with Gasteiger partial charge in [-0.25, -0.2) is 4.79 Å². The summed E-state index contributed by atoms with van der Waals surface area (Å²) in [6.45, 7) is 3.28. The number of piperidine rings is 1. The van der Waals surface area contributed by atoms with E-state index in [-0.39, 0.29) is 0 Å². The van der Waals surface area contributed by atoms with Gasteiger partial charge in [0.15, 0.2) is 0 Å². The number of alkyl halides is 2. The van der Waals surface area contributed by atoms with Crippen LogP contribution in [0.2, 0.25) is 0 Å². The summed E-state index contributed by atoms with van der Waals surface area (Å²) >= 11 is 0. The lowest BCUT2D eigenvalue weighted by molar-refractivity contribution is -0.159. The Bertz CT molecular complexity index is 379. The fourth-order valence-corrected chi connectivity index (χ4v) is 3.87. The van der Waals surface area contributed by atoms with E-state index < -0.39 is 24.4 Å². The number of hydrogen-bond donors (Lipinski definition) is 1. The highest BCUT2D eigenvalue weighted by molar-refractivity contribution is 5.79. The zero-order valence-electron chi connectivity index (χ0n) is 11.8. The fourth-order valence-electron chi connectivity index (χ4n) is 3.87. The van der Waals surface area contributed by atoms with Crippen molar-refractivity contribution in [3.63, 3.8) is 0 Å². The molecule has 0 saturated carbocycles. The van der Waals surface area contributed by atoms with Gasteiger partial charge in [-0.2, -0.15) is 8.78 Å². The first-order valence-electron chi connectivity index (χ1n) is 7.57. The van der Waals surface area contributed by atoms with E-state index in [2.05, 4.69) is 10.2 Å². The fraction of sp³-hybridized carbons (Fsp3) is 0.929. The minimum Gasteiger partial charge on any atom is -0.456 e. The molecule has 20 heavy (non-hydrogen) atoms. The molecule has 3 unspecified atom stereocenters. The molecule has 0 aromatic carbocycles. The van der Waals surface area contributed by atoms with Crippen LogP contribution in [0.25, 0.3) is 0 Å². The van der Waals surface area contributed by atoms with E-state index in [4.69, 9.17) is 4.74 Å². The number of ether oxygens (including phenoxy) is 1. The van der Waals surface area contributed by atoms with Crippen molar-refractivity contribution < 1.29 is 18.3 Å². The summed E-state index contributed by atoms with van der Waals surface area (Å²) in [5, 5.41) is 3.58. The van der Waals surface area contributed by atoms with Gasteiger partial charge >= 0.3 is 11.9 Å². The molecule has 0 aliphatic carbocycles. The van der Waals surface area contributed by atoms with Crippen LogP contribution in [-0.4, -0.2) is 54.1 Å². The van der Waals surface area contributed by atoms with Crippen LogP contribution in [0.3, 0.4) is 0 Å². The van der Waals surface area contributed by atoms with Crippen molar-refractivity contribution in [3.05, 3.63) is 0 Å². The van der Waals surface area contributed by atoms with Gasteiger partial charge in [-0.05, 0) is 32.2 Å². The van der Waals surface area contributed by atoms with Crippen LogP contribution >= 0.6 is 0 Å². The number of rotatable bonds is 4. The molecule has 3 aliphatic heterocycles. The molecule has 3 atom stereocenters. The van der Waals surface area contributed by atoms with E-state index in [0.717, 1.165) is 19.4 Å². The van der Waals surface area contributed by atoms with Gasteiger partial charge < -0.3 is 10.1 Å². The predicted molar refractivity (Wildman–Crippen MR) is 69.7 cm³/mol. The van der Waals surface area contributed by atoms with E-state index in [9.17, 15) is 13.6 Å². The second kappa shape index (κ2) is 5.22. The summed E-state index contributed by atoms with van der Waals surface area (Å²) in [5.41, 5.74) is 0. The number of nitrogens with one attached hydrogen (secondary N) is 1. The first-order chi connectivity index (χ1) is 9.48. The molecular weight excluding hydrogens is 266 g/mol. The van der Waals surface area contributed by atoms with E-state index in [1.54, 1.807) is 0 Å². The average Bonchev–Trinajstić information content (AvgIpc) is 2.86. The predicted octanol–water partition coefficient (Wildman–Crippen LogP) is 1.54. The minimum atomic E-state index is -3.29. The van der Waals surface area contributed by atoms with Crippen molar-refractivity contribution in [1.82, 2.24) is 10.2 Å². The molecule has 3 saturated heterocycles. The van der Waals surface area contributed by atoms with Crippen molar-refractivity contribution >= 4 is 5.97 Å². The summed E-state index contributed by atoms with van der Waals surface area (Å²) in [7, 11) is 0. The number of cyclic esters (lactones) is 1. The summed E-state index contributed by atoms with van der Waals surface area (Å²) in [4.78, 5) is 13.3. The molecule has 2 bridgehead atoms. The second-order valence-corrected chi connectivity index (χ2v) is 6.29. The van der Waals surface area contributed by atoms with Gasteiger partial charge in [0.1, 0.15) is 6.10 Å². The molecule has 0 radical (unpaired) electrons. The molecule has 0 aromatic heterocycles. The first-order valence-corrected chi connectivity index (χ1v) is 7.57. The summed E-state index contributed by atoms with van der Waals surface area (Å²) < 4.78 is 31.3. The van der Waals surface area contributed by atoms with Gasteiger partial charge in [0.05, 0.1) is 6.42 Å². The quantitative estimate of drug-likeness (QED) is 0.797. The number of carbonyl (C=O) groups excluding carboxylic acids is 1. The normalized spacial score (nSPS) is 39.3. The Morgan fingerprint density at radius 3 is 2.50 bits per heavy atom. The molecular formula is C14H22F2N2O2. The van der Waals surface area contributed by atoms with Crippen LogP contribution in [0.15, 0.2) is 0 Å². The monoisotopic (exact) mass is 288 g/mol. The third-order valence-corrected chi connectivity index (χ3v) is 4.87. The van der Waals surface area contributed by atoms with Gasteiger partial charge in [0.25, 0.3) is 0 Å². The maximum Gasteiger partial charge on any atom is 0.377 e. The number of likely N-dealkylation sites (N-methyl/N-ethyl adjacent to an activating group) is 1. The lowest BCUT2D eigenvalue weighted by Gasteiger charge is -2.38. The number of carbonyl (C=O) groups is 1. The minimum absolute atomic E-state index is 0.423. The van der Waals surface area contributed by atoms with Gasteiger partial charge in [0.2, 0.25) is 0 Å². The number of halogens is 2. The Morgan fingerprint density at radius 1 is 1.35 bits per heavy atom. The Balaban J connectivity index is 1.59. The number of fused-ring (bicyclic) bond motifs is 2.